The first-order chi connectivity index (χ1) is 16.2. The molecular formula is C28H59FO3Si. The summed E-state index contributed by atoms with van der Waals surface area (Å²) in [5.74, 6) is 0. The highest BCUT2D eigenvalue weighted by Gasteiger charge is 2.37. The molecule has 5 heteroatoms. The molecule has 0 aromatic carbocycles. The Bertz CT molecular complexity index is 367. The van der Waals surface area contributed by atoms with Crippen LogP contribution in [0, 0.1) is 0 Å². The van der Waals surface area contributed by atoms with Crippen LogP contribution < -0.4 is 0 Å². The topological polar surface area (TPSA) is 27.7 Å². The van der Waals surface area contributed by atoms with E-state index in [-0.39, 0.29) is 6.67 Å². The van der Waals surface area contributed by atoms with E-state index in [9.17, 15) is 4.39 Å². The van der Waals surface area contributed by atoms with Crippen LogP contribution in [0.2, 0.25) is 6.04 Å². The molecule has 0 radical (unpaired) electrons. The van der Waals surface area contributed by atoms with Gasteiger partial charge in [-0.05, 0) is 19.3 Å². The summed E-state index contributed by atoms with van der Waals surface area (Å²) in [6, 6.07) is 0.891. The first-order valence-electron chi connectivity index (χ1n) is 14.5. The molecule has 0 aliphatic carbocycles. The summed E-state index contributed by atoms with van der Waals surface area (Å²) in [5, 5.41) is 0. The highest BCUT2D eigenvalue weighted by molar-refractivity contribution is 6.60. The van der Waals surface area contributed by atoms with Gasteiger partial charge >= 0.3 is 8.80 Å². The fraction of sp³-hybridized carbons (Fsp3) is 1.00. The second-order valence-corrected chi connectivity index (χ2v) is 12.8. The van der Waals surface area contributed by atoms with Gasteiger partial charge in [0.05, 0.1) is 6.67 Å². The monoisotopic (exact) mass is 490 g/mol. The van der Waals surface area contributed by atoms with Crippen LogP contribution in [0.15, 0.2) is 0 Å². The quantitative estimate of drug-likeness (QED) is 0.0806. The maximum atomic E-state index is 12.1. The van der Waals surface area contributed by atoms with Crippen molar-refractivity contribution < 1.29 is 17.7 Å². The largest absolute Gasteiger partial charge is 0.500 e. The lowest BCUT2D eigenvalue weighted by atomic mass is 10.0. The molecule has 0 aliphatic heterocycles. The SMILES string of the molecule is CCCCCCCCCCCCCCCCCCO[Si](CCCCCCCCF)(OC)OC. The van der Waals surface area contributed by atoms with Crippen molar-refractivity contribution in [3.8, 4) is 0 Å². The first-order valence-corrected chi connectivity index (χ1v) is 16.5. The average molecular weight is 491 g/mol. The molecule has 0 heterocycles. The zero-order valence-electron chi connectivity index (χ0n) is 22.8. The van der Waals surface area contributed by atoms with Crippen molar-refractivity contribution in [3.63, 3.8) is 0 Å². The Kier molecular flexibility index (Phi) is 26.7. The van der Waals surface area contributed by atoms with E-state index in [0.717, 1.165) is 51.2 Å². The van der Waals surface area contributed by atoms with Crippen molar-refractivity contribution in [2.24, 2.45) is 0 Å². The summed E-state index contributed by atoms with van der Waals surface area (Å²) < 4.78 is 29.7. The van der Waals surface area contributed by atoms with Crippen molar-refractivity contribution in [3.05, 3.63) is 0 Å². The van der Waals surface area contributed by atoms with Gasteiger partial charge < -0.3 is 13.3 Å². The number of hydrogen-bond donors (Lipinski definition) is 0. The van der Waals surface area contributed by atoms with E-state index in [0.29, 0.717) is 6.42 Å². The van der Waals surface area contributed by atoms with Crippen molar-refractivity contribution >= 4 is 8.80 Å². The summed E-state index contributed by atoms with van der Waals surface area (Å²) in [6.07, 6.45) is 28.3. The normalized spacial score (nSPS) is 12.0. The smallest absolute Gasteiger partial charge is 0.377 e. The molecule has 0 aromatic heterocycles. The van der Waals surface area contributed by atoms with Crippen LogP contribution in [-0.2, 0) is 13.3 Å². The highest BCUT2D eigenvalue weighted by atomic mass is 28.4. The minimum Gasteiger partial charge on any atom is -0.377 e. The molecule has 0 amide bonds. The fourth-order valence-electron chi connectivity index (χ4n) is 4.50. The molecule has 0 saturated carbocycles. The predicted octanol–water partition coefficient (Wildman–Crippen LogP) is 9.81. The van der Waals surface area contributed by atoms with Gasteiger partial charge in [0.25, 0.3) is 0 Å². The van der Waals surface area contributed by atoms with Crippen LogP contribution in [0.1, 0.15) is 148 Å². The van der Waals surface area contributed by atoms with Gasteiger partial charge in [-0.2, -0.15) is 0 Å². The minimum atomic E-state index is -2.49. The van der Waals surface area contributed by atoms with Crippen LogP contribution in [0.4, 0.5) is 4.39 Å². The predicted molar refractivity (Wildman–Crippen MR) is 144 cm³/mol. The van der Waals surface area contributed by atoms with E-state index in [1.165, 1.54) is 96.3 Å². The molecule has 0 fully saturated rings. The Labute approximate surface area is 208 Å². The van der Waals surface area contributed by atoms with E-state index in [1.54, 1.807) is 14.2 Å². The Morgan fingerprint density at radius 1 is 0.485 bits per heavy atom. The Hall–Kier alpha value is 0.0269. The van der Waals surface area contributed by atoms with Gasteiger partial charge in [-0.1, -0.05) is 129 Å². The second kappa shape index (κ2) is 26.6. The van der Waals surface area contributed by atoms with Gasteiger partial charge in [0.1, 0.15) is 0 Å². The van der Waals surface area contributed by atoms with Crippen molar-refractivity contribution in [1.29, 1.82) is 0 Å². The van der Waals surface area contributed by atoms with Crippen LogP contribution in [-0.4, -0.2) is 36.3 Å². The summed E-state index contributed by atoms with van der Waals surface area (Å²) in [5.41, 5.74) is 0. The van der Waals surface area contributed by atoms with E-state index >= 15 is 0 Å². The van der Waals surface area contributed by atoms with Gasteiger partial charge in [0, 0.05) is 26.9 Å². The van der Waals surface area contributed by atoms with Crippen molar-refractivity contribution in [1.82, 2.24) is 0 Å². The number of halogens is 1. The zero-order chi connectivity index (χ0) is 24.3. The zero-order valence-corrected chi connectivity index (χ0v) is 23.8. The Morgan fingerprint density at radius 2 is 0.848 bits per heavy atom. The third-order valence-electron chi connectivity index (χ3n) is 6.81. The van der Waals surface area contributed by atoms with Crippen LogP contribution in [0.5, 0.6) is 0 Å². The third kappa shape index (κ3) is 22.2. The lowest BCUT2D eigenvalue weighted by Crippen LogP contribution is -2.44. The van der Waals surface area contributed by atoms with Crippen molar-refractivity contribution in [2.75, 3.05) is 27.5 Å². The van der Waals surface area contributed by atoms with Gasteiger partial charge in [0.15, 0.2) is 0 Å². The molecular weight excluding hydrogens is 431 g/mol. The molecule has 0 saturated heterocycles. The van der Waals surface area contributed by atoms with Gasteiger partial charge in [-0.3, -0.25) is 4.39 Å². The molecule has 0 rings (SSSR count). The molecule has 200 valence electrons. The third-order valence-corrected chi connectivity index (χ3v) is 9.66. The number of rotatable bonds is 28. The van der Waals surface area contributed by atoms with Crippen LogP contribution >= 0.6 is 0 Å². The lowest BCUT2D eigenvalue weighted by molar-refractivity contribution is 0.0955. The Balaban J connectivity index is 3.48. The molecule has 0 bridgehead atoms. The number of unbranched alkanes of at least 4 members (excludes halogenated alkanes) is 20. The summed E-state index contributed by atoms with van der Waals surface area (Å²) in [7, 11) is 0.966. The van der Waals surface area contributed by atoms with Gasteiger partial charge in [-0.25, -0.2) is 0 Å². The maximum absolute atomic E-state index is 12.1. The maximum Gasteiger partial charge on any atom is 0.500 e. The average Bonchev–Trinajstić information content (AvgIpc) is 2.84. The molecule has 33 heavy (non-hydrogen) atoms. The molecule has 0 aromatic rings. The summed E-state index contributed by atoms with van der Waals surface area (Å²) in [6.45, 7) is 2.86. The van der Waals surface area contributed by atoms with Gasteiger partial charge in [0.2, 0.25) is 0 Å². The first kappa shape index (κ1) is 33.0. The number of hydrogen-bond acceptors (Lipinski definition) is 3. The van der Waals surface area contributed by atoms with E-state index in [1.807, 2.05) is 0 Å². The molecule has 0 unspecified atom stereocenters. The van der Waals surface area contributed by atoms with Gasteiger partial charge in [-0.15, -0.1) is 0 Å². The Morgan fingerprint density at radius 3 is 1.24 bits per heavy atom. The van der Waals surface area contributed by atoms with E-state index in [4.69, 9.17) is 13.3 Å². The lowest BCUT2D eigenvalue weighted by Gasteiger charge is -2.26. The molecule has 0 N–H and O–H groups in total. The fourth-order valence-corrected chi connectivity index (χ4v) is 6.59. The standard InChI is InChI=1S/C28H59FO3Si/c1-4-5-6-7-8-9-10-11-12-13-14-15-16-18-21-24-27-32-33(30-2,31-3)28-25-22-19-17-20-23-26-29/h4-28H2,1-3H3. The molecule has 3 nitrogen and oxygen atoms in total. The molecule has 0 atom stereocenters. The van der Waals surface area contributed by atoms with Crippen LogP contribution in [0.25, 0.3) is 0 Å². The van der Waals surface area contributed by atoms with Crippen molar-refractivity contribution in [2.45, 2.75) is 154 Å². The number of alkyl halides is 1. The van der Waals surface area contributed by atoms with E-state index in [2.05, 4.69) is 6.92 Å². The highest BCUT2D eigenvalue weighted by Crippen LogP contribution is 2.20. The molecule has 0 spiro atoms. The van der Waals surface area contributed by atoms with E-state index < -0.39 is 8.80 Å². The van der Waals surface area contributed by atoms with Crippen LogP contribution in [0.3, 0.4) is 0 Å². The second-order valence-electron chi connectivity index (χ2n) is 9.80. The molecule has 0 aliphatic rings. The minimum absolute atomic E-state index is 0.184. The summed E-state index contributed by atoms with van der Waals surface area (Å²) >= 11 is 0. The summed E-state index contributed by atoms with van der Waals surface area (Å²) in [4.78, 5) is 0.